The summed E-state index contributed by atoms with van der Waals surface area (Å²) in [6.45, 7) is 19.7. The number of ether oxygens (including phenoxy) is 2. The van der Waals surface area contributed by atoms with Gasteiger partial charge >= 0.3 is 11.9 Å². The van der Waals surface area contributed by atoms with Gasteiger partial charge in [-0.2, -0.15) is 0 Å². The molecule has 0 saturated carbocycles. The van der Waals surface area contributed by atoms with Gasteiger partial charge < -0.3 is 9.47 Å². The largest absolute Gasteiger partial charge is 0.462 e. The van der Waals surface area contributed by atoms with Crippen molar-refractivity contribution in [1.29, 1.82) is 0 Å². The quantitative estimate of drug-likeness (QED) is 0.528. The summed E-state index contributed by atoms with van der Waals surface area (Å²) in [6.07, 6.45) is 3.01. The van der Waals surface area contributed by atoms with Crippen LogP contribution in [0.4, 0.5) is 0 Å². The standard InChI is InChI=1S/C18H30O4/c1-9-14(19)21-12-18(17(6,7)8,11-16(3,4)5)13-22-15(20)10-2/h9-10H,1-2,11-13H2,3-8H3. The Labute approximate surface area is 134 Å². The molecule has 0 rings (SSSR count). The Bertz CT molecular complexity index is 397. The molecule has 0 aromatic heterocycles. The molecule has 0 aromatic carbocycles. The van der Waals surface area contributed by atoms with E-state index in [4.69, 9.17) is 9.47 Å². The molecule has 0 atom stereocenters. The summed E-state index contributed by atoms with van der Waals surface area (Å²) < 4.78 is 10.6. The molecule has 0 fully saturated rings. The van der Waals surface area contributed by atoms with Crippen molar-refractivity contribution in [3.05, 3.63) is 25.3 Å². The van der Waals surface area contributed by atoms with E-state index < -0.39 is 17.4 Å². The molecule has 0 spiro atoms. The second-order valence-corrected chi connectivity index (χ2v) is 7.89. The Morgan fingerprint density at radius 2 is 1.23 bits per heavy atom. The Balaban J connectivity index is 5.50. The first-order valence-electron chi connectivity index (χ1n) is 7.45. The molecule has 0 unspecified atom stereocenters. The molecule has 0 bridgehead atoms. The summed E-state index contributed by atoms with van der Waals surface area (Å²) in [5.74, 6) is -0.949. The molecule has 0 aliphatic carbocycles. The van der Waals surface area contributed by atoms with E-state index in [0.29, 0.717) is 0 Å². The summed E-state index contributed by atoms with van der Waals surface area (Å²) >= 11 is 0. The maximum atomic E-state index is 11.5. The fourth-order valence-corrected chi connectivity index (χ4v) is 2.39. The average molecular weight is 310 g/mol. The number of hydrogen-bond donors (Lipinski definition) is 0. The maximum Gasteiger partial charge on any atom is 0.330 e. The molecule has 126 valence electrons. The lowest BCUT2D eigenvalue weighted by Crippen LogP contribution is -2.47. The first-order valence-corrected chi connectivity index (χ1v) is 7.45. The SMILES string of the molecule is C=CC(=O)OCC(COC(=O)C=C)(CC(C)(C)C)C(C)(C)C. The maximum absolute atomic E-state index is 11.5. The fraction of sp³-hybridized carbons (Fsp3) is 0.667. The highest BCUT2D eigenvalue weighted by atomic mass is 16.5. The molecule has 0 saturated heterocycles. The smallest absolute Gasteiger partial charge is 0.330 e. The van der Waals surface area contributed by atoms with Crippen molar-refractivity contribution in [3.8, 4) is 0 Å². The van der Waals surface area contributed by atoms with Gasteiger partial charge in [-0.25, -0.2) is 9.59 Å². The predicted molar refractivity (Wildman–Crippen MR) is 88.3 cm³/mol. The zero-order valence-electron chi connectivity index (χ0n) is 14.8. The lowest BCUT2D eigenvalue weighted by atomic mass is 9.61. The van der Waals surface area contributed by atoms with Crippen LogP contribution in [0.5, 0.6) is 0 Å². The fourth-order valence-electron chi connectivity index (χ4n) is 2.39. The van der Waals surface area contributed by atoms with Crippen molar-refractivity contribution in [2.45, 2.75) is 48.0 Å². The second-order valence-electron chi connectivity index (χ2n) is 7.89. The Morgan fingerprint density at radius 3 is 1.45 bits per heavy atom. The Hall–Kier alpha value is -1.58. The van der Waals surface area contributed by atoms with Crippen molar-refractivity contribution in [1.82, 2.24) is 0 Å². The zero-order valence-corrected chi connectivity index (χ0v) is 14.8. The van der Waals surface area contributed by atoms with Crippen LogP contribution < -0.4 is 0 Å². The van der Waals surface area contributed by atoms with Gasteiger partial charge in [0.15, 0.2) is 0 Å². The third-order valence-corrected chi connectivity index (χ3v) is 3.77. The lowest BCUT2D eigenvalue weighted by molar-refractivity contribution is -0.158. The van der Waals surface area contributed by atoms with Crippen LogP contribution in [0.1, 0.15) is 48.0 Å². The van der Waals surface area contributed by atoms with Crippen molar-refractivity contribution in [2.24, 2.45) is 16.2 Å². The highest BCUT2D eigenvalue weighted by molar-refractivity contribution is 5.81. The average Bonchev–Trinajstić information content (AvgIpc) is 2.38. The molecule has 0 aliphatic rings. The van der Waals surface area contributed by atoms with E-state index in [9.17, 15) is 9.59 Å². The van der Waals surface area contributed by atoms with Gasteiger partial charge in [-0.15, -0.1) is 0 Å². The molecule has 22 heavy (non-hydrogen) atoms. The monoisotopic (exact) mass is 310 g/mol. The van der Waals surface area contributed by atoms with Gasteiger partial charge in [0.25, 0.3) is 0 Å². The van der Waals surface area contributed by atoms with Gasteiger partial charge in [0, 0.05) is 17.6 Å². The highest BCUT2D eigenvalue weighted by Crippen LogP contribution is 2.47. The van der Waals surface area contributed by atoms with Crippen LogP contribution in [-0.2, 0) is 19.1 Å². The van der Waals surface area contributed by atoms with Gasteiger partial charge in [-0.05, 0) is 17.3 Å². The van der Waals surface area contributed by atoms with Gasteiger partial charge in [0.2, 0.25) is 0 Å². The Morgan fingerprint density at radius 1 is 0.864 bits per heavy atom. The third kappa shape index (κ3) is 6.46. The summed E-state index contributed by atoms with van der Waals surface area (Å²) in [5, 5.41) is 0. The van der Waals surface area contributed by atoms with Crippen LogP contribution in [0, 0.1) is 16.2 Å². The van der Waals surface area contributed by atoms with E-state index in [1.54, 1.807) is 0 Å². The minimum Gasteiger partial charge on any atom is -0.462 e. The zero-order chi connectivity index (χ0) is 17.6. The van der Waals surface area contributed by atoms with E-state index in [-0.39, 0.29) is 24.0 Å². The molecule has 0 amide bonds. The topological polar surface area (TPSA) is 52.6 Å². The van der Waals surface area contributed by atoms with Gasteiger partial charge in [0.05, 0.1) is 0 Å². The minimum atomic E-state index is -0.497. The summed E-state index contributed by atoms with van der Waals surface area (Å²) in [7, 11) is 0. The number of hydrogen-bond acceptors (Lipinski definition) is 4. The number of esters is 2. The molecule has 0 heterocycles. The van der Waals surface area contributed by atoms with Gasteiger partial charge in [0.1, 0.15) is 13.2 Å². The van der Waals surface area contributed by atoms with E-state index in [2.05, 4.69) is 54.7 Å². The molecule has 0 aliphatic heterocycles. The molecule has 0 aromatic rings. The molecule has 0 N–H and O–H groups in total. The molecular weight excluding hydrogens is 280 g/mol. The van der Waals surface area contributed by atoms with Crippen molar-refractivity contribution >= 4 is 11.9 Å². The van der Waals surface area contributed by atoms with E-state index in [1.165, 1.54) is 0 Å². The third-order valence-electron chi connectivity index (χ3n) is 3.77. The van der Waals surface area contributed by atoms with Crippen LogP contribution >= 0.6 is 0 Å². The summed E-state index contributed by atoms with van der Waals surface area (Å²) in [4.78, 5) is 23.0. The van der Waals surface area contributed by atoms with Crippen molar-refractivity contribution in [2.75, 3.05) is 13.2 Å². The van der Waals surface area contributed by atoms with Crippen molar-refractivity contribution in [3.63, 3.8) is 0 Å². The van der Waals surface area contributed by atoms with Crippen LogP contribution in [0.2, 0.25) is 0 Å². The van der Waals surface area contributed by atoms with Crippen LogP contribution in [0.15, 0.2) is 25.3 Å². The highest BCUT2D eigenvalue weighted by Gasteiger charge is 2.46. The first kappa shape index (κ1) is 20.4. The lowest BCUT2D eigenvalue weighted by Gasteiger charge is -2.47. The van der Waals surface area contributed by atoms with Crippen LogP contribution in [0.3, 0.4) is 0 Å². The molecule has 4 heteroatoms. The number of carbonyl (C=O) groups is 2. The van der Waals surface area contributed by atoms with Crippen molar-refractivity contribution < 1.29 is 19.1 Å². The molecular formula is C18H30O4. The van der Waals surface area contributed by atoms with E-state index >= 15 is 0 Å². The molecule has 4 nitrogen and oxygen atoms in total. The minimum absolute atomic E-state index is 0.0194. The first-order chi connectivity index (χ1) is 9.87. The molecule has 0 radical (unpaired) electrons. The van der Waals surface area contributed by atoms with Gasteiger partial charge in [-0.3, -0.25) is 0 Å². The van der Waals surface area contributed by atoms with E-state index in [1.807, 2.05) is 0 Å². The summed E-state index contributed by atoms with van der Waals surface area (Å²) in [6, 6.07) is 0. The Kier molecular flexibility index (Phi) is 7.07. The van der Waals surface area contributed by atoms with Crippen LogP contribution in [0.25, 0.3) is 0 Å². The van der Waals surface area contributed by atoms with Gasteiger partial charge in [-0.1, -0.05) is 54.7 Å². The van der Waals surface area contributed by atoms with E-state index in [0.717, 1.165) is 18.6 Å². The second kappa shape index (κ2) is 7.61. The summed E-state index contributed by atoms with van der Waals surface area (Å²) in [5.41, 5.74) is -0.750. The number of carbonyl (C=O) groups excluding carboxylic acids is 2. The normalized spacial score (nSPS) is 12.5. The predicted octanol–water partition coefficient (Wildman–Crippen LogP) is 3.91. The van der Waals surface area contributed by atoms with Crippen LogP contribution in [-0.4, -0.2) is 25.2 Å². The number of rotatable bonds is 7.